The number of primary amides is 1. The lowest BCUT2D eigenvalue weighted by Crippen LogP contribution is -2.20. The van der Waals surface area contributed by atoms with Crippen molar-refractivity contribution in [3.8, 4) is 0 Å². The summed E-state index contributed by atoms with van der Waals surface area (Å²) in [5, 5.41) is 6.01. The highest BCUT2D eigenvalue weighted by Crippen LogP contribution is 2.16. The highest BCUT2D eigenvalue weighted by Gasteiger charge is 2.05. The highest BCUT2D eigenvalue weighted by atomic mass is 16.2. The molecule has 0 aliphatic carbocycles. The van der Waals surface area contributed by atoms with Gasteiger partial charge in [0.2, 0.25) is 0 Å². The SMILES string of the molecule is CC(NCc1ccn(C)c1)c1ccc(NC(N)=O)cc1. The van der Waals surface area contributed by atoms with E-state index in [-0.39, 0.29) is 6.04 Å². The summed E-state index contributed by atoms with van der Waals surface area (Å²) in [5.41, 5.74) is 8.20. The van der Waals surface area contributed by atoms with E-state index in [1.54, 1.807) is 0 Å². The molecule has 5 nitrogen and oxygen atoms in total. The first-order chi connectivity index (χ1) is 9.54. The van der Waals surface area contributed by atoms with Gasteiger partial charge >= 0.3 is 6.03 Å². The van der Waals surface area contributed by atoms with Crippen LogP contribution in [0.15, 0.2) is 42.7 Å². The second-order valence-electron chi connectivity index (χ2n) is 4.90. The standard InChI is InChI=1S/C15H20N4O/c1-11(17-9-12-7-8-19(2)10-12)13-3-5-14(6-4-13)18-15(16)20/h3-8,10-11,17H,9H2,1-2H3,(H3,16,18,20). The molecule has 4 N–H and O–H groups in total. The van der Waals surface area contributed by atoms with E-state index in [1.165, 1.54) is 5.56 Å². The number of aryl methyl sites for hydroxylation is 1. The number of carbonyl (C=O) groups excluding carboxylic acids is 1. The Hall–Kier alpha value is -2.27. The zero-order valence-electron chi connectivity index (χ0n) is 11.8. The number of hydrogen-bond acceptors (Lipinski definition) is 2. The zero-order valence-corrected chi connectivity index (χ0v) is 11.8. The molecule has 0 saturated heterocycles. The summed E-state index contributed by atoms with van der Waals surface area (Å²) in [6, 6.07) is 9.44. The van der Waals surface area contributed by atoms with Gasteiger partial charge in [-0.2, -0.15) is 0 Å². The summed E-state index contributed by atoms with van der Waals surface area (Å²) >= 11 is 0. The Morgan fingerprint density at radius 1 is 1.30 bits per heavy atom. The molecule has 1 heterocycles. The first kappa shape index (κ1) is 14.1. The minimum atomic E-state index is -0.548. The molecule has 0 bridgehead atoms. The van der Waals surface area contributed by atoms with Gasteiger partial charge in [-0.3, -0.25) is 0 Å². The van der Waals surface area contributed by atoms with Gasteiger partial charge in [0.05, 0.1) is 0 Å². The summed E-state index contributed by atoms with van der Waals surface area (Å²) in [4.78, 5) is 10.7. The van der Waals surface area contributed by atoms with Crippen molar-refractivity contribution in [3.05, 3.63) is 53.9 Å². The zero-order chi connectivity index (χ0) is 14.5. The number of nitrogens with zero attached hydrogens (tertiary/aromatic N) is 1. The Morgan fingerprint density at radius 3 is 2.55 bits per heavy atom. The molecule has 1 unspecified atom stereocenters. The molecule has 0 fully saturated rings. The average Bonchev–Trinajstić information content (AvgIpc) is 2.82. The van der Waals surface area contributed by atoms with E-state index in [1.807, 2.05) is 42.1 Å². The average molecular weight is 272 g/mol. The van der Waals surface area contributed by atoms with Gasteiger partial charge in [0.25, 0.3) is 0 Å². The number of aromatic nitrogens is 1. The van der Waals surface area contributed by atoms with Crippen LogP contribution in [0, 0.1) is 0 Å². The number of nitrogens with two attached hydrogens (primary N) is 1. The van der Waals surface area contributed by atoms with Crippen LogP contribution in [-0.4, -0.2) is 10.6 Å². The van der Waals surface area contributed by atoms with E-state index < -0.39 is 6.03 Å². The normalized spacial score (nSPS) is 12.1. The van der Waals surface area contributed by atoms with Crippen molar-refractivity contribution in [2.75, 3.05) is 5.32 Å². The third-order valence-corrected chi connectivity index (χ3v) is 3.18. The number of benzene rings is 1. The molecule has 1 aromatic carbocycles. The predicted octanol–water partition coefficient (Wildman–Crippen LogP) is 2.37. The third kappa shape index (κ3) is 3.86. The molecule has 0 aliphatic rings. The van der Waals surface area contributed by atoms with Crippen LogP contribution in [0.25, 0.3) is 0 Å². The molecule has 1 atom stereocenters. The van der Waals surface area contributed by atoms with Crippen LogP contribution in [0.3, 0.4) is 0 Å². The van der Waals surface area contributed by atoms with Crippen LogP contribution in [0.2, 0.25) is 0 Å². The molecule has 2 amide bonds. The Labute approximate surface area is 118 Å². The maximum atomic E-state index is 10.7. The third-order valence-electron chi connectivity index (χ3n) is 3.18. The molecular weight excluding hydrogens is 252 g/mol. The van der Waals surface area contributed by atoms with Gasteiger partial charge in [-0.15, -0.1) is 0 Å². The van der Waals surface area contributed by atoms with Crippen molar-refractivity contribution >= 4 is 11.7 Å². The second kappa shape index (κ2) is 6.25. The van der Waals surface area contributed by atoms with Crippen molar-refractivity contribution in [2.24, 2.45) is 12.8 Å². The number of hydrogen-bond donors (Lipinski definition) is 3. The summed E-state index contributed by atoms with van der Waals surface area (Å²) in [7, 11) is 2.01. The number of anilines is 1. The Balaban J connectivity index is 1.91. The Kier molecular flexibility index (Phi) is 4.42. The molecule has 0 radical (unpaired) electrons. The topological polar surface area (TPSA) is 72.1 Å². The smallest absolute Gasteiger partial charge is 0.316 e. The van der Waals surface area contributed by atoms with E-state index in [9.17, 15) is 4.79 Å². The fourth-order valence-electron chi connectivity index (χ4n) is 2.05. The van der Waals surface area contributed by atoms with Gasteiger partial charge in [0, 0.05) is 37.7 Å². The van der Waals surface area contributed by atoms with Crippen LogP contribution in [0.4, 0.5) is 10.5 Å². The van der Waals surface area contributed by atoms with Crippen LogP contribution in [0.5, 0.6) is 0 Å². The minimum absolute atomic E-state index is 0.234. The lowest BCUT2D eigenvalue weighted by Gasteiger charge is -2.14. The van der Waals surface area contributed by atoms with E-state index in [0.29, 0.717) is 5.69 Å². The monoisotopic (exact) mass is 272 g/mol. The minimum Gasteiger partial charge on any atom is -0.357 e. The van der Waals surface area contributed by atoms with Gasteiger partial charge < -0.3 is 20.9 Å². The van der Waals surface area contributed by atoms with Crippen LogP contribution < -0.4 is 16.4 Å². The number of amides is 2. The molecule has 20 heavy (non-hydrogen) atoms. The van der Waals surface area contributed by atoms with Crippen LogP contribution in [0.1, 0.15) is 24.1 Å². The maximum absolute atomic E-state index is 10.7. The summed E-state index contributed by atoms with van der Waals surface area (Å²) in [5.74, 6) is 0. The molecule has 0 aliphatic heterocycles. The summed E-state index contributed by atoms with van der Waals surface area (Å²) in [6.07, 6.45) is 4.13. The quantitative estimate of drug-likeness (QED) is 0.782. The first-order valence-corrected chi connectivity index (χ1v) is 6.55. The highest BCUT2D eigenvalue weighted by molar-refractivity contribution is 5.87. The van der Waals surface area contributed by atoms with Crippen molar-refractivity contribution in [1.82, 2.24) is 9.88 Å². The molecule has 0 spiro atoms. The van der Waals surface area contributed by atoms with Crippen LogP contribution in [-0.2, 0) is 13.6 Å². The van der Waals surface area contributed by atoms with Crippen molar-refractivity contribution in [3.63, 3.8) is 0 Å². The van der Waals surface area contributed by atoms with Gasteiger partial charge in [-0.05, 0) is 36.2 Å². The van der Waals surface area contributed by atoms with Crippen molar-refractivity contribution in [2.45, 2.75) is 19.5 Å². The molecule has 106 valence electrons. The summed E-state index contributed by atoms with van der Waals surface area (Å²) < 4.78 is 2.03. The molecule has 5 heteroatoms. The van der Waals surface area contributed by atoms with E-state index in [0.717, 1.165) is 12.1 Å². The number of urea groups is 1. The Morgan fingerprint density at radius 2 is 2.00 bits per heavy atom. The van der Waals surface area contributed by atoms with Gasteiger partial charge in [-0.25, -0.2) is 4.79 Å². The predicted molar refractivity (Wildman–Crippen MR) is 80.3 cm³/mol. The fourth-order valence-corrected chi connectivity index (χ4v) is 2.05. The number of nitrogens with one attached hydrogen (secondary N) is 2. The van der Waals surface area contributed by atoms with Gasteiger partial charge in [-0.1, -0.05) is 12.1 Å². The second-order valence-corrected chi connectivity index (χ2v) is 4.90. The fraction of sp³-hybridized carbons (Fsp3) is 0.267. The maximum Gasteiger partial charge on any atom is 0.316 e. The molecule has 1 aromatic heterocycles. The number of carbonyl (C=O) groups is 1. The van der Waals surface area contributed by atoms with E-state index >= 15 is 0 Å². The lowest BCUT2D eigenvalue weighted by atomic mass is 10.1. The lowest BCUT2D eigenvalue weighted by molar-refractivity contribution is 0.259. The van der Waals surface area contributed by atoms with Gasteiger partial charge in [0.1, 0.15) is 0 Å². The largest absolute Gasteiger partial charge is 0.357 e. The van der Waals surface area contributed by atoms with Crippen molar-refractivity contribution in [1.29, 1.82) is 0 Å². The molecular formula is C15H20N4O. The van der Waals surface area contributed by atoms with E-state index in [2.05, 4.69) is 29.8 Å². The molecule has 2 rings (SSSR count). The first-order valence-electron chi connectivity index (χ1n) is 6.55. The summed E-state index contributed by atoms with van der Waals surface area (Å²) in [6.45, 7) is 2.93. The van der Waals surface area contributed by atoms with Crippen LogP contribution >= 0.6 is 0 Å². The number of rotatable bonds is 5. The van der Waals surface area contributed by atoms with Gasteiger partial charge in [0.15, 0.2) is 0 Å². The van der Waals surface area contributed by atoms with Crippen molar-refractivity contribution < 1.29 is 4.79 Å². The Bertz CT molecular complexity index is 574. The molecule has 2 aromatic rings. The van der Waals surface area contributed by atoms with E-state index in [4.69, 9.17) is 5.73 Å². The molecule has 0 saturated carbocycles.